The van der Waals surface area contributed by atoms with Crippen LogP contribution in [0.15, 0.2) is 23.7 Å². The number of allylic oxidation sites excluding steroid dienone is 2. The van der Waals surface area contributed by atoms with Gasteiger partial charge in [-0.05, 0) is 13.8 Å². The van der Waals surface area contributed by atoms with E-state index >= 15 is 0 Å². The van der Waals surface area contributed by atoms with Crippen LogP contribution in [0.5, 0.6) is 0 Å². The first-order chi connectivity index (χ1) is 5.65. The monoisotopic (exact) mass is 168 g/mol. The summed E-state index contributed by atoms with van der Waals surface area (Å²) in [5.74, 6) is 0.919. The van der Waals surface area contributed by atoms with Gasteiger partial charge >= 0.3 is 5.97 Å². The maximum absolute atomic E-state index is 11.2. The molecule has 12 heavy (non-hydrogen) atoms. The number of hydrogen-bond acceptors (Lipinski definition) is 3. The molecule has 0 aromatic heterocycles. The van der Waals surface area contributed by atoms with E-state index in [-0.39, 0.29) is 5.97 Å². The molecule has 1 aliphatic rings. The second-order valence-electron chi connectivity index (χ2n) is 2.57. The smallest absolute Gasteiger partial charge is 0.337 e. The fourth-order valence-corrected chi connectivity index (χ4v) is 1.07. The van der Waals surface area contributed by atoms with Crippen molar-refractivity contribution < 1.29 is 14.3 Å². The van der Waals surface area contributed by atoms with Crippen LogP contribution in [0.3, 0.4) is 0 Å². The lowest BCUT2D eigenvalue weighted by Crippen LogP contribution is -2.06. The zero-order valence-corrected chi connectivity index (χ0v) is 7.35. The molecule has 3 nitrogen and oxygen atoms in total. The molecule has 0 bridgehead atoms. The lowest BCUT2D eigenvalue weighted by molar-refractivity contribution is -0.138. The molecule has 0 amide bonds. The van der Waals surface area contributed by atoms with Gasteiger partial charge in [-0.2, -0.15) is 0 Å². The number of carbonyl (C=O) groups is 1. The fourth-order valence-electron chi connectivity index (χ4n) is 1.07. The van der Waals surface area contributed by atoms with Gasteiger partial charge in [0, 0.05) is 6.42 Å². The van der Waals surface area contributed by atoms with Crippen molar-refractivity contribution in [2.45, 2.75) is 20.3 Å². The first-order valence-corrected chi connectivity index (χ1v) is 3.87. The van der Waals surface area contributed by atoms with E-state index in [4.69, 9.17) is 9.47 Å². The average molecular weight is 168 g/mol. The van der Waals surface area contributed by atoms with Gasteiger partial charge in [0.25, 0.3) is 0 Å². The summed E-state index contributed by atoms with van der Waals surface area (Å²) in [6.45, 7) is 7.53. The Kier molecular flexibility index (Phi) is 2.53. The molecule has 1 heterocycles. The molecule has 0 aromatic rings. The Morgan fingerprint density at radius 3 is 2.83 bits per heavy atom. The predicted octanol–water partition coefficient (Wildman–Crippen LogP) is 1.76. The van der Waals surface area contributed by atoms with E-state index in [1.807, 2.05) is 0 Å². The van der Waals surface area contributed by atoms with Crippen molar-refractivity contribution in [3.05, 3.63) is 23.7 Å². The molecule has 0 atom stereocenters. The average Bonchev–Trinajstić information content (AvgIpc) is 2.30. The van der Waals surface area contributed by atoms with Gasteiger partial charge in [0.2, 0.25) is 0 Å². The highest BCUT2D eigenvalue weighted by atomic mass is 16.5. The number of esters is 1. The lowest BCUT2D eigenvalue weighted by Gasteiger charge is -2.00. The molecule has 0 spiro atoms. The highest BCUT2D eigenvalue weighted by Crippen LogP contribution is 2.26. The number of carbonyl (C=O) groups excluding carboxylic acids is 1. The summed E-state index contributed by atoms with van der Waals surface area (Å²) in [6, 6.07) is 0. The summed E-state index contributed by atoms with van der Waals surface area (Å²) < 4.78 is 9.95. The molecular weight excluding hydrogens is 156 g/mol. The van der Waals surface area contributed by atoms with E-state index in [1.54, 1.807) is 13.8 Å². The Hall–Kier alpha value is -1.25. The summed E-state index contributed by atoms with van der Waals surface area (Å²) in [7, 11) is 0. The quantitative estimate of drug-likeness (QED) is 0.589. The molecule has 0 aromatic carbocycles. The Labute approximate surface area is 71.7 Å². The standard InChI is InChI=1S/C9H12O3/c1-4-11-9(10)8-5-6(2)12-7(8)3/h2,4-5H2,1,3H3. The van der Waals surface area contributed by atoms with Crippen LogP contribution in [0.2, 0.25) is 0 Å². The van der Waals surface area contributed by atoms with Crippen LogP contribution in [0.25, 0.3) is 0 Å². The molecular formula is C9H12O3. The number of hydrogen-bond donors (Lipinski definition) is 0. The number of ether oxygens (including phenoxy) is 2. The third kappa shape index (κ3) is 1.67. The van der Waals surface area contributed by atoms with Crippen LogP contribution >= 0.6 is 0 Å². The van der Waals surface area contributed by atoms with E-state index in [9.17, 15) is 4.79 Å². The normalized spacial score (nSPS) is 16.3. The lowest BCUT2D eigenvalue weighted by atomic mass is 10.2. The van der Waals surface area contributed by atoms with Gasteiger partial charge in [0.1, 0.15) is 11.5 Å². The molecule has 1 rings (SSSR count). The second kappa shape index (κ2) is 3.43. The molecule has 0 saturated heterocycles. The van der Waals surface area contributed by atoms with Crippen LogP contribution in [-0.2, 0) is 14.3 Å². The topological polar surface area (TPSA) is 35.5 Å². The van der Waals surface area contributed by atoms with E-state index in [2.05, 4.69) is 6.58 Å². The van der Waals surface area contributed by atoms with Crippen molar-refractivity contribution in [2.75, 3.05) is 6.61 Å². The van der Waals surface area contributed by atoms with Crippen LogP contribution in [0.1, 0.15) is 20.3 Å². The van der Waals surface area contributed by atoms with E-state index < -0.39 is 0 Å². The van der Waals surface area contributed by atoms with Gasteiger partial charge in [-0.1, -0.05) is 6.58 Å². The molecule has 0 N–H and O–H groups in total. The van der Waals surface area contributed by atoms with Gasteiger partial charge in [-0.25, -0.2) is 4.79 Å². The molecule has 0 radical (unpaired) electrons. The van der Waals surface area contributed by atoms with Crippen molar-refractivity contribution in [1.29, 1.82) is 0 Å². The van der Waals surface area contributed by atoms with Crippen molar-refractivity contribution >= 4 is 5.97 Å². The zero-order valence-electron chi connectivity index (χ0n) is 7.35. The highest BCUT2D eigenvalue weighted by Gasteiger charge is 2.23. The van der Waals surface area contributed by atoms with Gasteiger partial charge in [0.15, 0.2) is 0 Å². The molecule has 3 heteroatoms. The van der Waals surface area contributed by atoms with E-state index in [0.29, 0.717) is 30.1 Å². The zero-order chi connectivity index (χ0) is 9.14. The van der Waals surface area contributed by atoms with Crippen molar-refractivity contribution in [3.8, 4) is 0 Å². The van der Waals surface area contributed by atoms with E-state index in [1.165, 1.54) is 0 Å². The summed E-state index contributed by atoms with van der Waals surface area (Å²) in [5.41, 5.74) is 0.585. The van der Waals surface area contributed by atoms with Crippen LogP contribution < -0.4 is 0 Å². The molecule has 0 fully saturated rings. The molecule has 1 aliphatic heterocycles. The summed E-state index contributed by atoms with van der Waals surface area (Å²) >= 11 is 0. The molecule has 0 aliphatic carbocycles. The first-order valence-electron chi connectivity index (χ1n) is 3.87. The van der Waals surface area contributed by atoms with Crippen molar-refractivity contribution in [3.63, 3.8) is 0 Å². The van der Waals surface area contributed by atoms with Crippen LogP contribution in [-0.4, -0.2) is 12.6 Å². The third-order valence-corrected chi connectivity index (χ3v) is 1.62. The predicted molar refractivity (Wildman–Crippen MR) is 44.2 cm³/mol. The van der Waals surface area contributed by atoms with Crippen molar-refractivity contribution in [2.24, 2.45) is 0 Å². The Balaban J connectivity index is 2.68. The maximum Gasteiger partial charge on any atom is 0.337 e. The Bertz CT molecular complexity index is 250. The van der Waals surface area contributed by atoms with Gasteiger partial charge in [0.05, 0.1) is 12.2 Å². The van der Waals surface area contributed by atoms with Crippen LogP contribution in [0.4, 0.5) is 0 Å². The third-order valence-electron chi connectivity index (χ3n) is 1.62. The van der Waals surface area contributed by atoms with Gasteiger partial charge in [-0.15, -0.1) is 0 Å². The van der Waals surface area contributed by atoms with E-state index in [0.717, 1.165) is 0 Å². The summed E-state index contributed by atoms with van der Waals surface area (Å²) in [6.07, 6.45) is 0.477. The molecule has 66 valence electrons. The first kappa shape index (κ1) is 8.84. The Morgan fingerprint density at radius 2 is 2.42 bits per heavy atom. The molecule has 0 saturated carbocycles. The second-order valence-corrected chi connectivity index (χ2v) is 2.57. The largest absolute Gasteiger partial charge is 0.466 e. The maximum atomic E-state index is 11.2. The minimum Gasteiger partial charge on any atom is -0.466 e. The fraction of sp³-hybridized carbons (Fsp3) is 0.444. The SMILES string of the molecule is C=C1CC(C(=O)OCC)=C(C)O1. The van der Waals surface area contributed by atoms with Crippen LogP contribution in [0, 0.1) is 0 Å². The molecule has 0 unspecified atom stereocenters. The Morgan fingerprint density at radius 1 is 1.75 bits per heavy atom. The number of rotatable bonds is 2. The van der Waals surface area contributed by atoms with Gasteiger partial charge < -0.3 is 9.47 Å². The minimum atomic E-state index is -0.298. The summed E-state index contributed by atoms with van der Waals surface area (Å²) in [5, 5.41) is 0. The highest BCUT2D eigenvalue weighted by molar-refractivity contribution is 5.90. The summed E-state index contributed by atoms with van der Waals surface area (Å²) in [4.78, 5) is 11.2. The van der Waals surface area contributed by atoms with Crippen molar-refractivity contribution in [1.82, 2.24) is 0 Å². The minimum absolute atomic E-state index is 0.298. The van der Waals surface area contributed by atoms with Gasteiger partial charge in [-0.3, -0.25) is 0 Å².